The molecule has 1 aliphatic heterocycles. The summed E-state index contributed by atoms with van der Waals surface area (Å²) >= 11 is 1.11. The van der Waals surface area contributed by atoms with Crippen molar-refractivity contribution in [2.75, 3.05) is 25.4 Å². The maximum absolute atomic E-state index is 12.6. The molecule has 1 heterocycles. The van der Waals surface area contributed by atoms with Crippen molar-refractivity contribution in [3.63, 3.8) is 0 Å². The topological polar surface area (TPSA) is 103 Å². The molecule has 0 aromatic heterocycles. The molecule has 25 heavy (non-hydrogen) atoms. The van der Waals surface area contributed by atoms with Crippen LogP contribution in [-0.2, 0) is 14.8 Å². The van der Waals surface area contributed by atoms with Gasteiger partial charge in [-0.3, -0.25) is 5.01 Å². The minimum Gasteiger partial charge on any atom is -0.479 e. The summed E-state index contributed by atoms with van der Waals surface area (Å²) < 4.78 is 26.2. The molecule has 8 nitrogen and oxygen atoms in total. The Labute approximate surface area is 194 Å². The molecule has 11 heteroatoms. The Bertz CT molecular complexity index is 708. The number of aliphatic carboxylic acids is 1. The van der Waals surface area contributed by atoms with Gasteiger partial charge in [0.15, 0.2) is 5.37 Å². The van der Waals surface area contributed by atoms with Crippen molar-refractivity contribution >= 4 is 33.4 Å². The van der Waals surface area contributed by atoms with Gasteiger partial charge >= 0.3 is 57.4 Å². The van der Waals surface area contributed by atoms with Gasteiger partial charge in [0.05, 0.1) is 10.6 Å². The molecule has 1 fully saturated rings. The smallest absolute Gasteiger partial charge is 0.479 e. The molecule has 0 spiro atoms. The predicted molar refractivity (Wildman–Crippen MR) is 91.7 cm³/mol. The van der Waals surface area contributed by atoms with E-state index in [1.165, 1.54) is 12.1 Å². The van der Waals surface area contributed by atoms with Crippen LogP contribution < -0.4 is 51.4 Å². The van der Waals surface area contributed by atoms with Gasteiger partial charge in [-0.1, -0.05) is 5.22 Å². The van der Waals surface area contributed by atoms with Gasteiger partial charge in [0, 0.05) is 25.4 Å². The number of carbonyl (C=O) groups is 1. The molecule has 0 aliphatic carbocycles. The number of carboxylic acid groups (broad SMARTS) is 1. The quantitative estimate of drug-likeness (QED) is 0.357. The predicted octanol–water partition coefficient (Wildman–Crippen LogP) is -0.821. The van der Waals surface area contributed by atoms with Crippen LogP contribution in [0.25, 0.3) is 0 Å². The molecule has 1 saturated heterocycles. The van der Waals surface area contributed by atoms with Gasteiger partial charge in [-0.2, -0.15) is 4.31 Å². The molecule has 1 aromatic rings. The molecule has 1 aliphatic rings. The number of nitrogens with zero attached hydrogens (tertiary/aromatic N) is 4. The molecule has 0 amide bonds. The first kappa shape index (κ1) is 23.0. The molecule has 0 bridgehead atoms. The maximum Gasteiger partial charge on any atom is 1.00 e. The molecule has 132 valence electrons. The summed E-state index contributed by atoms with van der Waals surface area (Å²) in [5, 5.41) is 18.0. The van der Waals surface area contributed by atoms with Crippen LogP contribution in [0.3, 0.4) is 0 Å². The Morgan fingerprint density at radius 3 is 2.44 bits per heavy atom. The average molecular weight is 412 g/mol. The van der Waals surface area contributed by atoms with Crippen LogP contribution in [0.4, 0.5) is 5.69 Å². The van der Waals surface area contributed by atoms with E-state index in [2.05, 4.69) is 10.3 Å². The summed E-state index contributed by atoms with van der Waals surface area (Å²) in [6.45, 7) is 5.58. The van der Waals surface area contributed by atoms with Gasteiger partial charge in [0.2, 0.25) is 10.0 Å². The van der Waals surface area contributed by atoms with Crippen LogP contribution in [0, 0.1) is 0 Å². The van der Waals surface area contributed by atoms with Crippen LogP contribution in [0.5, 0.6) is 0 Å². The molecular formula is C14H20KN4O4S2+. The molecule has 0 radical (unpaired) electrons. The van der Waals surface area contributed by atoms with Crippen molar-refractivity contribution in [1.29, 1.82) is 0 Å². The number of thioether (sulfide) groups is 1. The van der Waals surface area contributed by atoms with Crippen molar-refractivity contribution < 1.29 is 69.7 Å². The Hall–Kier alpha value is -0.0136. The van der Waals surface area contributed by atoms with Crippen LogP contribution >= 0.6 is 11.8 Å². The van der Waals surface area contributed by atoms with Crippen molar-refractivity contribution in [3.8, 4) is 0 Å². The first-order valence-electron chi connectivity index (χ1n) is 7.53. The van der Waals surface area contributed by atoms with Gasteiger partial charge in [-0.25, -0.2) is 13.2 Å². The van der Waals surface area contributed by atoms with E-state index in [4.69, 9.17) is 5.11 Å². The Morgan fingerprint density at radius 2 is 1.92 bits per heavy atom. The molecule has 2 rings (SSSR count). The van der Waals surface area contributed by atoms with Gasteiger partial charge in [-0.05, 0) is 38.1 Å². The van der Waals surface area contributed by atoms with Crippen molar-refractivity contribution in [1.82, 2.24) is 9.31 Å². The summed E-state index contributed by atoms with van der Waals surface area (Å²) in [5.74, 6) is -0.683. The third-order valence-electron chi connectivity index (χ3n) is 3.52. The fraction of sp³-hybridized carbons (Fsp3) is 0.500. The van der Waals surface area contributed by atoms with E-state index < -0.39 is 21.4 Å². The van der Waals surface area contributed by atoms with E-state index in [0.29, 0.717) is 11.4 Å². The first-order valence-corrected chi connectivity index (χ1v) is 10.0. The SMILES string of the molecule is CCN(CC)N=Nc1ccc(S(=O)(=O)N2CCSC2C(=O)O)cc1.[K+]. The molecule has 1 N–H and O–H groups in total. The molecular weight excluding hydrogens is 391 g/mol. The van der Waals surface area contributed by atoms with Gasteiger partial charge in [0.1, 0.15) is 0 Å². The monoisotopic (exact) mass is 411 g/mol. The largest absolute Gasteiger partial charge is 1.00 e. The maximum atomic E-state index is 12.6. The van der Waals surface area contributed by atoms with Gasteiger partial charge in [-0.15, -0.1) is 16.9 Å². The summed E-state index contributed by atoms with van der Waals surface area (Å²) in [4.78, 5) is 11.2. The molecule has 0 saturated carbocycles. The van der Waals surface area contributed by atoms with Crippen LogP contribution in [0.2, 0.25) is 0 Å². The van der Waals surface area contributed by atoms with Crippen LogP contribution in [0.1, 0.15) is 13.8 Å². The standard InChI is InChI=1S/C14H20N4O4S2.K/c1-3-17(4-2)16-15-11-5-7-12(8-6-11)24(21,22)18-9-10-23-13(18)14(19)20;/h5-8,13H,3-4,9-10H2,1-2H3,(H,19,20);/q;+1. The summed E-state index contributed by atoms with van der Waals surface area (Å²) in [6, 6.07) is 5.96. The van der Waals surface area contributed by atoms with E-state index in [-0.39, 0.29) is 62.8 Å². The second-order valence-corrected chi connectivity index (χ2v) is 8.08. The number of carboxylic acids is 1. The molecule has 1 aromatic carbocycles. The fourth-order valence-electron chi connectivity index (χ4n) is 2.18. The van der Waals surface area contributed by atoms with Crippen molar-refractivity contribution in [2.24, 2.45) is 10.3 Å². The molecule has 1 atom stereocenters. The molecule has 1 unspecified atom stereocenters. The number of hydrogen-bond acceptors (Lipinski definition) is 6. The normalized spacial score (nSPS) is 18.2. The third kappa shape index (κ3) is 5.73. The minimum atomic E-state index is -3.84. The Morgan fingerprint density at radius 1 is 1.32 bits per heavy atom. The third-order valence-corrected chi connectivity index (χ3v) is 6.72. The zero-order chi connectivity index (χ0) is 17.7. The zero-order valence-electron chi connectivity index (χ0n) is 14.5. The average Bonchev–Trinajstić information content (AvgIpc) is 3.07. The zero-order valence-corrected chi connectivity index (χ0v) is 19.2. The number of hydrogen-bond donors (Lipinski definition) is 1. The second-order valence-electron chi connectivity index (χ2n) is 5.00. The Balaban J connectivity index is 0.00000312. The minimum absolute atomic E-state index is 0. The van der Waals surface area contributed by atoms with Crippen LogP contribution in [-0.4, -0.2) is 59.6 Å². The number of rotatable bonds is 7. The van der Waals surface area contributed by atoms with Gasteiger partial charge < -0.3 is 5.11 Å². The van der Waals surface area contributed by atoms with E-state index >= 15 is 0 Å². The van der Waals surface area contributed by atoms with E-state index in [1.807, 2.05) is 13.8 Å². The summed E-state index contributed by atoms with van der Waals surface area (Å²) in [6.07, 6.45) is 0. The summed E-state index contributed by atoms with van der Waals surface area (Å²) in [7, 11) is -3.84. The van der Waals surface area contributed by atoms with E-state index in [0.717, 1.165) is 29.2 Å². The van der Waals surface area contributed by atoms with E-state index in [1.54, 1.807) is 17.1 Å². The van der Waals surface area contributed by atoms with Crippen molar-refractivity contribution in [2.45, 2.75) is 24.1 Å². The number of sulfonamides is 1. The van der Waals surface area contributed by atoms with Crippen molar-refractivity contribution in [3.05, 3.63) is 24.3 Å². The van der Waals surface area contributed by atoms with Crippen LogP contribution in [0.15, 0.2) is 39.5 Å². The second kappa shape index (κ2) is 10.4. The first-order chi connectivity index (χ1) is 11.4. The van der Waals surface area contributed by atoms with Gasteiger partial charge in [0.25, 0.3) is 0 Å². The van der Waals surface area contributed by atoms with E-state index in [9.17, 15) is 13.2 Å². The summed E-state index contributed by atoms with van der Waals surface area (Å²) in [5.41, 5.74) is 0.534. The fourth-order valence-corrected chi connectivity index (χ4v) is 5.18. The Kier molecular flexibility index (Phi) is 9.54. The number of benzene rings is 1.